The summed E-state index contributed by atoms with van der Waals surface area (Å²) < 4.78 is 43.4. The van der Waals surface area contributed by atoms with Crippen LogP contribution in [0.2, 0.25) is 0 Å². The normalized spacial score (nSPS) is 11.9. The van der Waals surface area contributed by atoms with Crippen molar-refractivity contribution in [1.82, 2.24) is 14.4 Å². The number of benzene rings is 2. The molecular formula is C24H16F3N3O2. The lowest BCUT2D eigenvalue weighted by Gasteiger charge is -2.10. The van der Waals surface area contributed by atoms with Crippen molar-refractivity contribution in [3.05, 3.63) is 88.8 Å². The van der Waals surface area contributed by atoms with Crippen LogP contribution >= 0.6 is 0 Å². The topological polar surface area (TPSA) is 59.4 Å². The molecule has 160 valence electrons. The summed E-state index contributed by atoms with van der Waals surface area (Å²) in [6, 6.07) is 16.6. The number of ether oxygens (including phenoxy) is 1. The lowest BCUT2D eigenvalue weighted by molar-refractivity contribution is -0.274. The quantitative estimate of drug-likeness (QED) is 0.395. The SMILES string of the molecule is Cc1c(-c2cn3cc(-c4cccc(OC(F)(F)F)c4)ccc3n2)[nH]c2ccccc2c1=O. The highest BCUT2D eigenvalue weighted by Gasteiger charge is 2.31. The van der Waals surface area contributed by atoms with Gasteiger partial charge in [0.2, 0.25) is 0 Å². The molecule has 32 heavy (non-hydrogen) atoms. The van der Waals surface area contributed by atoms with Gasteiger partial charge in [-0.3, -0.25) is 4.79 Å². The molecule has 3 aromatic heterocycles. The number of imidazole rings is 1. The number of hydrogen-bond donors (Lipinski definition) is 1. The van der Waals surface area contributed by atoms with Gasteiger partial charge in [-0.15, -0.1) is 13.2 Å². The van der Waals surface area contributed by atoms with E-state index in [0.717, 1.165) is 5.52 Å². The third-order valence-corrected chi connectivity index (χ3v) is 5.26. The molecule has 5 aromatic rings. The zero-order valence-electron chi connectivity index (χ0n) is 16.8. The molecule has 1 N–H and O–H groups in total. The van der Waals surface area contributed by atoms with E-state index in [-0.39, 0.29) is 11.2 Å². The number of fused-ring (bicyclic) bond motifs is 2. The van der Waals surface area contributed by atoms with Crippen molar-refractivity contribution in [1.29, 1.82) is 0 Å². The Morgan fingerprint density at radius 2 is 1.78 bits per heavy atom. The largest absolute Gasteiger partial charge is 0.573 e. The van der Waals surface area contributed by atoms with Gasteiger partial charge in [0, 0.05) is 28.9 Å². The maximum absolute atomic E-state index is 12.8. The molecule has 0 amide bonds. The van der Waals surface area contributed by atoms with Gasteiger partial charge >= 0.3 is 6.36 Å². The fraction of sp³-hybridized carbons (Fsp3) is 0.0833. The van der Waals surface area contributed by atoms with Gasteiger partial charge < -0.3 is 14.1 Å². The predicted molar refractivity (Wildman–Crippen MR) is 116 cm³/mol. The first-order valence-electron chi connectivity index (χ1n) is 9.75. The van der Waals surface area contributed by atoms with E-state index in [1.807, 2.05) is 18.2 Å². The van der Waals surface area contributed by atoms with Crippen molar-refractivity contribution in [2.24, 2.45) is 0 Å². The van der Waals surface area contributed by atoms with E-state index in [9.17, 15) is 18.0 Å². The molecule has 8 heteroatoms. The van der Waals surface area contributed by atoms with E-state index < -0.39 is 6.36 Å². The number of halogens is 3. The first-order chi connectivity index (χ1) is 15.3. The Morgan fingerprint density at radius 1 is 0.969 bits per heavy atom. The average molecular weight is 435 g/mol. The highest BCUT2D eigenvalue weighted by Crippen LogP contribution is 2.29. The van der Waals surface area contributed by atoms with Gasteiger partial charge in [0.1, 0.15) is 17.1 Å². The van der Waals surface area contributed by atoms with Crippen molar-refractivity contribution < 1.29 is 17.9 Å². The van der Waals surface area contributed by atoms with Crippen LogP contribution in [0.4, 0.5) is 13.2 Å². The fourth-order valence-electron chi connectivity index (χ4n) is 3.75. The molecule has 0 aliphatic heterocycles. The minimum Gasteiger partial charge on any atom is -0.406 e. The molecule has 0 saturated carbocycles. The smallest absolute Gasteiger partial charge is 0.406 e. The molecule has 0 spiro atoms. The van der Waals surface area contributed by atoms with Crippen LogP contribution in [0.3, 0.4) is 0 Å². The summed E-state index contributed by atoms with van der Waals surface area (Å²) in [7, 11) is 0. The Morgan fingerprint density at radius 3 is 2.59 bits per heavy atom. The summed E-state index contributed by atoms with van der Waals surface area (Å²) >= 11 is 0. The molecule has 0 saturated heterocycles. The molecule has 0 fully saturated rings. The Balaban J connectivity index is 1.58. The highest BCUT2D eigenvalue weighted by molar-refractivity contribution is 5.82. The molecule has 3 heterocycles. The second kappa shape index (κ2) is 7.26. The van der Waals surface area contributed by atoms with Crippen LogP contribution in [-0.2, 0) is 0 Å². The molecule has 0 atom stereocenters. The summed E-state index contributed by atoms with van der Waals surface area (Å²) in [6.45, 7) is 1.75. The Hall–Kier alpha value is -4.07. The minimum atomic E-state index is -4.75. The Bertz CT molecular complexity index is 1530. The first-order valence-corrected chi connectivity index (χ1v) is 9.75. The van der Waals surface area contributed by atoms with Crippen molar-refractivity contribution >= 4 is 16.6 Å². The third-order valence-electron chi connectivity index (χ3n) is 5.26. The Labute approximate surface area is 179 Å². The van der Waals surface area contributed by atoms with Crippen LogP contribution in [0.5, 0.6) is 5.75 Å². The van der Waals surface area contributed by atoms with Gasteiger partial charge in [0.05, 0.1) is 5.69 Å². The maximum Gasteiger partial charge on any atom is 0.573 e. The second-order valence-electron chi connectivity index (χ2n) is 7.38. The number of para-hydroxylation sites is 1. The summed E-state index contributed by atoms with van der Waals surface area (Å²) in [5.74, 6) is -0.286. The van der Waals surface area contributed by atoms with Gasteiger partial charge in [-0.2, -0.15) is 0 Å². The van der Waals surface area contributed by atoms with Crippen LogP contribution in [-0.4, -0.2) is 20.7 Å². The van der Waals surface area contributed by atoms with Crippen LogP contribution < -0.4 is 10.2 Å². The van der Waals surface area contributed by atoms with Crippen LogP contribution in [0.1, 0.15) is 5.56 Å². The fourth-order valence-corrected chi connectivity index (χ4v) is 3.75. The van der Waals surface area contributed by atoms with Crippen LogP contribution in [0.25, 0.3) is 39.1 Å². The van der Waals surface area contributed by atoms with Crippen molar-refractivity contribution in [3.63, 3.8) is 0 Å². The second-order valence-corrected chi connectivity index (χ2v) is 7.38. The lowest BCUT2D eigenvalue weighted by atomic mass is 10.1. The summed E-state index contributed by atoms with van der Waals surface area (Å²) in [6.07, 6.45) is -1.20. The van der Waals surface area contributed by atoms with Gasteiger partial charge in [-0.1, -0.05) is 24.3 Å². The number of aromatic amines is 1. The predicted octanol–water partition coefficient (Wildman–Crippen LogP) is 5.72. The Kier molecular flexibility index (Phi) is 4.51. The molecule has 0 aliphatic rings. The van der Waals surface area contributed by atoms with E-state index in [1.54, 1.807) is 48.0 Å². The molecule has 0 bridgehead atoms. The number of hydrogen-bond acceptors (Lipinski definition) is 3. The number of rotatable bonds is 3. The summed E-state index contributed by atoms with van der Waals surface area (Å²) in [5, 5.41) is 0.612. The minimum absolute atomic E-state index is 0.0615. The maximum atomic E-state index is 12.8. The van der Waals surface area contributed by atoms with Gasteiger partial charge in [-0.25, -0.2) is 4.98 Å². The number of alkyl halides is 3. The molecule has 5 rings (SSSR count). The number of aromatic nitrogens is 3. The average Bonchev–Trinajstić information content (AvgIpc) is 3.18. The van der Waals surface area contributed by atoms with Gasteiger partial charge in [0.15, 0.2) is 5.43 Å². The molecule has 5 nitrogen and oxygen atoms in total. The summed E-state index contributed by atoms with van der Waals surface area (Å²) in [4.78, 5) is 20.7. The molecule has 0 aliphatic carbocycles. The molecular weight excluding hydrogens is 419 g/mol. The van der Waals surface area contributed by atoms with Crippen LogP contribution in [0.15, 0.2) is 77.9 Å². The summed E-state index contributed by atoms with van der Waals surface area (Å²) in [5.41, 5.74) is 4.34. The number of nitrogens with zero attached hydrogens (tertiary/aromatic N) is 2. The van der Waals surface area contributed by atoms with E-state index >= 15 is 0 Å². The monoisotopic (exact) mass is 435 g/mol. The van der Waals surface area contributed by atoms with Crippen molar-refractivity contribution in [2.75, 3.05) is 0 Å². The van der Waals surface area contributed by atoms with E-state index in [2.05, 4.69) is 14.7 Å². The first kappa shape index (κ1) is 19.9. The molecule has 2 aromatic carbocycles. The van der Waals surface area contributed by atoms with Crippen molar-refractivity contribution in [2.45, 2.75) is 13.3 Å². The molecule has 0 radical (unpaired) electrons. The van der Waals surface area contributed by atoms with Gasteiger partial charge in [-0.05, 0) is 54.4 Å². The van der Waals surface area contributed by atoms with Crippen LogP contribution in [0, 0.1) is 6.92 Å². The van der Waals surface area contributed by atoms with E-state index in [0.29, 0.717) is 39.1 Å². The third kappa shape index (κ3) is 3.60. The van der Waals surface area contributed by atoms with Gasteiger partial charge in [0.25, 0.3) is 0 Å². The zero-order chi connectivity index (χ0) is 22.5. The number of pyridine rings is 2. The van der Waals surface area contributed by atoms with E-state index in [1.165, 1.54) is 18.2 Å². The molecule has 0 unspecified atom stereocenters. The van der Waals surface area contributed by atoms with Crippen molar-refractivity contribution in [3.8, 4) is 28.3 Å². The lowest BCUT2D eigenvalue weighted by Crippen LogP contribution is -2.17. The number of H-pyrrole nitrogens is 1. The van der Waals surface area contributed by atoms with E-state index in [4.69, 9.17) is 0 Å². The standard InChI is InChI=1S/C24H16F3N3O2/c1-14-22(29-19-8-3-2-7-18(19)23(14)31)20-13-30-12-16(9-10-21(30)28-20)15-5-4-6-17(11-15)32-24(25,26)27/h2-13H,1H3,(H,29,31). The number of nitrogens with one attached hydrogen (secondary N) is 1. The zero-order valence-corrected chi connectivity index (χ0v) is 16.8. The highest BCUT2D eigenvalue weighted by atomic mass is 19.4.